The summed E-state index contributed by atoms with van der Waals surface area (Å²) >= 11 is 0. The van der Waals surface area contributed by atoms with Gasteiger partial charge in [-0.3, -0.25) is 4.79 Å². The van der Waals surface area contributed by atoms with Crippen LogP contribution in [0.15, 0.2) is 23.8 Å². The van der Waals surface area contributed by atoms with Gasteiger partial charge in [-0.2, -0.15) is 0 Å². The molecule has 0 saturated heterocycles. The van der Waals surface area contributed by atoms with Gasteiger partial charge in [0.1, 0.15) is 0 Å². The number of ketones is 1. The third-order valence-electron chi connectivity index (χ3n) is 7.59. The molecule has 0 aliphatic heterocycles. The number of rotatable bonds is 1. The fourth-order valence-corrected chi connectivity index (χ4v) is 6.62. The molecule has 4 aliphatic rings. The van der Waals surface area contributed by atoms with Gasteiger partial charge in [-0.1, -0.05) is 24.6 Å². The van der Waals surface area contributed by atoms with Crippen LogP contribution in [0.25, 0.3) is 0 Å². The predicted molar refractivity (Wildman–Crippen MR) is 87.2 cm³/mol. The van der Waals surface area contributed by atoms with Crippen molar-refractivity contribution in [3.63, 3.8) is 0 Å². The van der Waals surface area contributed by atoms with Gasteiger partial charge in [0.2, 0.25) is 0 Å². The number of hydrogen-bond acceptors (Lipinski definition) is 2. The SMILES string of the molecule is C=C1CCC2C3CCC4=CC(=O)CCC4C3[C@H](O)C[C@]12CC. The number of hydrogen-bond donors (Lipinski definition) is 1. The molecule has 4 unspecified atom stereocenters. The van der Waals surface area contributed by atoms with E-state index in [-0.39, 0.29) is 11.5 Å². The Bertz CT molecular complexity index is 546. The second-order valence-corrected chi connectivity index (χ2v) is 8.14. The van der Waals surface area contributed by atoms with Gasteiger partial charge in [0, 0.05) is 6.42 Å². The molecule has 0 spiro atoms. The molecule has 3 fully saturated rings. The van der Waals surface area contributed by atoms with E-state index in [1.165, 1.54) is 17.6 Å². The fraction of sp³-hybridized carbons (Fsp3) is 0.750. The summed E-state index contributed by atoms with van der Waals surface area (Å²) in [5.41, 5.74) is 2.95. The monoisotopic (exact) mass is 300 g/mol. The third kappa shape index (κ3) is 1.86. The van der Waals surface area contributed by atoms with Crippen LogP contribution in [0.5, 0.6) is 0 Å². The van der Waals surface area contributed by atoms with Crippen LogP contribution in [-0.4, -0.2) is 17.0 Å². The van der Waals surface area contributed by atoms with E-state index < -0.39 is 0 Å². The van der Waals surface area contributed by atoms with Crippen molar-refractivity contribution in [1.29, 1.82) is 0 Å². The molecule has 4 rings (SSSR count). The topological polar surface area (TPSA) is 37.3 Å². The van der Waals surface area contributed by atoms with Crippen LogP contribution < -0.4 is 0 Å². The summed E-state index contributed by atoms with van der Waals surface area (Å²) in [5, 5.41) is 11.0. The summed E-state index contributed by atoms with van der Waals surface area (Å²) in [6.45, 7) is 6.66. The minimum absolute atomic E-state index is 0.201. The second kappa shape index (κ2) is 5.06. The number of carbonyl (C=O) groups excluding carboxylic acids is 1. The highest BCUT2D eigenvalue weighted by Crippen LogP contribution is 2.64. The first-order valence-corrected chi connectivity index (χ1v) is 9.16. The van der Waals surface area contributed by atoms with Crippen LogP contribution in [0.4, 0.5) is 0 Å². The summed E-state index contributed by atoms with van der Waals surface area (Å²) < 4.78 is 0. The van der Waals surface area contributed by atoms with E-state index in [0.29, 0.717) is 30.0 Å². The van der Waals surface area contributed by atoms with E-state index >= 15 is 0 Å². The van der Waals surface area contributed by atoms with Gasteiger partial charge < -0.3 is 5.11 Å². The summed E-state index contributed by atoms with van der Waals surface area (Å²) in [5.74, 6) is 2.52. The van der Waals surface area contributed by atoms with E-state index in [9.17, 15) is 9.90 Å². The number of aliphatic hydroxyl groups is 1. The Hall–Kier alpha value is -0.890. The van der Waals surface area contributed by atoms with Gasteiger partial charge in [-0.25, -0.2) is 0 Å². The summed E-state index contributed by atoms with van der Waals surface area (Å²) in [4.78, 5) is 11.7. The minimum Gasteiger partial charge on any atom is -0.393 e. The normalized spacial score (nSPS) is 47.5. The molecule has 4 aliphatic carbocycles. The Morgan fingerprint density at radius 3 is 2.86 bits per heavy atom. The van der Waals surface area contributed by atoms with Crippen molar-refractivity contribution in [1.82, 2.24) is 0 Å². The first-order chi connectivity index (χ1) is 10.6. The maximum Gasteiger partial charge on any atom is 0.155 e. The Morgan fingerprint density at radius 2 is 2.09 bits per heavy atom. The quantitative estimate of drug-likeness (QED) is 0.742. The van der Waals surface area contributed by atoms with Crippen molar-refractivity contribution in [2.45, 2.75) is 64.4 Å². The van der Waals surface area contributed by atoms with Gasteiger partial charge in [0.05, 0.1) is 6.10 Å². The lowest BCUT2D eigenvalue weighted by atomic mass is 9.50. The molecular formula is C20H28O2. The summed E-state index contributed by atoms with van der Waals surface area (Å²) in [6, 6.07) is 0. The highest BCUT2D eigenvalue weighted by molar-refractivity contribution is 5.91. The lowest BCUT2D eigenvalue weighted by Gasteiger charge is -2.55. The lowest BCUT2D eigenvalue weighted by molar-refractivity contribution is -0.118. The lowest BCUT2D eigenvalue weighted by Crippen LogP contribution is -2.52. The molecule has 0 heterocycles. The van der Waals surface area contributed by atoms with E-state index in [2.05, 4.69) is 13.5 Å². The zero-order valence-corrected chi connectivity index (χ0v) is 13.7. The summed E-state index contributed by atoms with van der Waals surface area (Å²) in [6.07, 6.45) is 10.0. The molecule has 120 valence electrons. The van der Waals surface area contributed by atoms with Gasteiger partial charge in [0.15, 0.2) is 5.78 Å². The number of fused-ring (bicyclic) bond motifs is 5. The van der Waals surface area contributed by atoms with Crippen LogP contribution in [0.2, 0.25) is 0 Å². The third-order valence-corrected chi connectivity index (χ3v) is 7.59. The summed E-state index contributed by atoms with van der Waals surface area (Å²) in [7, 11) is 0. The predicted octanol–water partition coefficient (Wildman–Crippen LogP) is 4.05. The zero-order valence-electron chi connectivity index (χ0n) is 13.7. The molecule has 0 aromatic rings. The molecule has 6 atom stereocenters. The molecule has 2 nitrogen and oxygen atoms in total. The molecule has 3 saturated carbocycles. The maximum absolute atomic E-state index is 11.7. The molecule has 0 radical (unpaired) electrons. The number of aliphatic hydroxyl groups excluding tert-OH is 1. The molecule has 0 amide bonds. The van der Waals surface area contributed by atoms with Gasteiger partial charge in [0.25, 0.3) is 0 Å². The largest absolute Gasteiger partial charge is 0.393 e. The fourth-order valence-electron chi connectivity index (χ4n) is 6.62. The van der Waals surface area contributed by atoms with Crippen molar-refractivity contribution in [2.75, 3.05) is 0 Å². The van der Waals surface area contributed by atoms with Crippen LogP contribution in [0.3, 0.4) is 0 Å². The van der Waals surface area contributed by atoms with E-state index in [4.69, 9.17) is 0 Å². The van der Waals surface area contributed by atoms with Crippen molar-refractivity contribution in [3.05, 3.63) is 23.8 Å². The molecule has 0 aromatic carbocycles. The minimum atomic E-state index is -0.210. The Kier molecular flexibility index (Phi) is 3.38. The first-order valence-electron chi connectivity index (χ1n) is 9.16. The smallest absolute Gasteiger partial charge is 0.155 e. The molecule has 0 bridgehead atoms. The first kappa shape index (κ1) is 14.7. The second-order valence-electron chi connectivity index (χ2n) is 8.14. The Labute approximate surface area is 133 Å². The van der Waals surface area contributed by atoms with Crippen molar-refractivity contribution in [2.24, 2.45) is 29.1 Å². The van der Waals surface area contributed by atoms with Gasteiger partial charge in [-0.05, 0) is 80.1 Å². The Morgan fingerprint density at radius 1 is 1.27 bits per heavy atom. The van der Waals surface area contributed by atoms with Crippen LogP contribution in [0.1, 0.15) is 58.3 Å². The van der Waals surface area contributed by atoms with E-state index in [0.717, 1.165) is 44.4 Å². The number of allylic oxidation sites excluding steroid dienone is 2. The molecule has 2 heteroatoms. The van der Waals surface area contributed by atoms with Gasteiger partial charge in [-0.15, -0.1) is 0 Å². The zero-order chi connectivity index (χ0) is 15.5. The number of carbonyl (C=O) groups is 1. The van der Waals surface area contributed by atoms with Crippen LogP contribution in [-0.2, 0) is 4.79 Å². The Balaban J connectivity index is 1.70. The molecule has 22 heavy (non-hydrogen) atoms. The standard InChI is InChI=1S/C20H28O2/c1-3-20-11-18(22)19-15-8-6-14(21)10-13(15)5-7-16(19)17(20)9-4-12(20)2/h10,15-19,22H,2-9,11H2,1H3/t15?,16?,17?,18-,19?,20-/m1/s1. The average molecular weight is 300 g/mol. The van der Waals surface area contributed by atoms with Gasteiger partial charge >= 0.3 is 0 Å². The van der Waals surface area contributed by atoms with Crippen molar-refractivity contribution >= 4 is 5.78 Å². The van der Waals surface area contributed by atoms with Crippen LogP contribution >= 0.6 is 0 Å². The van der Waals surface area contributed by atoms with E-state index in [1.54, 1.807) is 0 Å². The molecule has 1 N–H and O–H groups in total. The molecular weight excluding hydrogens is 272 g/mol. The highest BCUT2D eigenvalue weighted by Gasteiger charge is 2.58. The molecule has 0 aromatic heterocycles. The average Bonchev–Trinajstić information content (AvgIpc) is 2.84. The van der Waals surface area contributed by atoms with E-state index in [1.807, 2.05) is 6.08 Å². The maximum atomic E-state index is 11.7. The van der Waals surface area contributed by atoms with Crippen molar-refractivity contribution in [3.8, 4) is 0 Å². The van der Waals surface area contributed by atoms with Crippen molar-refractivity contribution < 1.29 is 9.90 Å². The van der Waals surface area contributed by atoms with Crippen LogP contribution in [0, 0.1) is 29.1 Å². The highest BCUT2D eigenvalue weighted by atomic mass is 16.3.